The summed E-state index contributed by atoms with van der Waals surface area (Å²) in [6.07, 6.45) is 1.40. The molecule has 3 N–H and O–H groups in total. The molecule has 140 valence electrons. The number of rotatable bonds is 5. The fourth-order valence-corrected chi connectivity index (χ4v) is 2.79. The van der Waals surface area contributed by atoms with Gasteiger partial charge in [-0.3, -0.25) is 4.98 Å². The van der Waals surface area contributed by atoms with Crippen LogP contribution in [-0.2, 0) is 0 Å². The predicted octanol–water partition coefficient (Wildman–Crippen LogP) is 4.46. The molecule has 4 aromatic rings. The quantitative estimate of drug-likeness (QED) is 0.533. The maximum Gasteiger partial charge on any atom is 0.248 e. The number of fused-ring (bicyclic) bond motifs is 1. The van der Waals surface area contributed by atoms with Crippen LogP contribution in [0.25, 0.3) is 10.9 Å². The molecule has 0 unspecified atom stereocenters. The largest absolute Gasteiger partial charge is 0.497 e. The zero-order valence-corrected chi connectivity index (χ0v) is 15.5. The molecule has 2 aromatic carbocycles. The highest BCUT2D eigenvalue weighted by atomic mass is 16.5. The van der Waals surface area contributed by atoms with E-state index in [0.29, 0.717) is 17.3 Å². The lowest BCUT2D eigenvalue weighted by Gasteiger charge is -2.13. The number of nitrogens with one attached hydrogen (secondary N) is 1. The Labute approximate surface area is 162 Å². The van der Waals surface area contributed by atoms with Crippen molar-refractivity contribution in [2.45, 2.75) is 6.92 Å². The van der Waals surface area contributed by atoms with Crippen LogP contribution in [0.2, 0.25) is 0 Å². The SMILES string of the molecule is COc1ccc(Oc2ncnc(Nc3cccc4ccc(C)nc34)c2N)cc1. The Balaban J connectivity index is 1.64. The third-order valence-electron chi connectivity index (χ3n) is 4.23. The van der Waals surface area contributed by atoms with E-state index in [2.05, 4.69) is 20.3 Å². The van der Waals surface area contributed by atoms with Crippen LogP contribution in [0, 0.1) is 6.92 Å². The summed E-state index contributed by atoms with van der Waals surface area (Å²) in [5.74, 6) is 2.06. The van der Waals surface area contributed by atoms with Crippen LogP contribution in [0.5, 0.6) is 17.4 Å². The van der Waals surface area contributed by atoms with E-state index in [1.165, 1.54) is 6.33 Å². The second kappa shape index (κ2) is 7.40. The summed E-state index contributed by atoms with van der Waals surface area (Å²) in [5, 5.41) is 4.27. The lowest BCUT2D eigenvalue weighted by molar-refractivity contribution is 0.412. The number of anilines is 3. The van der Waals surface area contributed by atoms with Gasteiger partial charge >= 0.3 is 0 Å². The highest BCUT2D eigenvalue weighted by Gasteiger charge is 2.12. The second-order valence-corrected chi connectivity index (χ2v) is 6.17. The number of hydrogen-bond acceptors (Lipinski definition) is 7. The van der Waals surface area contributed by atoms with E-state index in [4.69, 9.17) is 15.2 Å². The number of aryl methyl sites for hydroxylation is 1. The van der Waals surface area contributed by atoms with Gasteiger partial charge in [0, 0.05) is 11.1 Å². The first kappa shape index (κ1) is 17.5. The lowest BCUT2D eigenvalue weighted by Crippen LogP contribution is -2.03. The van der Waals surface area contributed by atoms with Gasteiger partial charge in [0.25, 0.3) is 0 Å². The zero-order valence-electron chi connectivity index (χ0n) is 15.5. The molecule has 2 aromatic heterocycles. The van der Waals surface area contributed by atoms with E-state index in [0.717, 1.165) is 28.0 Å². The number of pyridine rings is 1. The molecular formula is C21H19N5O2. The molecule has 28 heavy (non-hydrogen) atoms. The van der Waals surface area contributed by atoms with Gasteiger partial charge in [0.05, 0.1) is 18.3 Å². The predicted molar refractivity (Wildman–Crippen MR) is 109 cm³/mol. The van der Waals surface area contributed by atoms with E-state index < -0.39 is 0 Å². The zero-order chi connectivity index (χ0) is 19.5. The van der Waals surface area contributed by atoms with Gasteiger partial charge in [0.1, 0.15) is 23.5 Å². The number of ether oxygens (including phenoxy) is 2. The average molecular weight is 373 g/mol. The van der Waals surface area contributed by atoms with Crippen molar-refractivity contribution in [3.8, 4) is 17.4 Å². The summed E-state index contributed by atoms with van der Waals surface area (Å²) in [5.41, 5.74) is 9.14. The molecule has 0 atom stereocenters. The highest BCUT2D eigenvalue weighted by Crippen LogP contribution is 2.33. The van der Waals surface area contributed by atoms with Crippen LogP contribution < -0.4 is 20.5 Å². The van der Waals surface area contributed by atoms with Crippen LogP contribution >= 0.6 is 0 Å². The highest BCUT2D eigenvalue weighted by molar-refractivity contribution is 5.93. The van der Waals surface area contributed by atoms with Gasteiger partial charge in [-0.1, -0.05) is 18.2 Å². The van der Waals surface area contributed by atoms with Crippen LogP contribution in [0.4, 0.5) is 17.2 Å². The molecule has 0 saturated carbocycles. The maximum absolute atomic E-state index is 6.25. The Hall–Kier alpha value is -3.87. The van der Waals surface area contributed by atoms with Gasteiger partial charge in [0.15, 0.2) is 5.82 Å². The van der Waals surface area contributed by atoms with Crippen LogP contribution in [0.3, 0.4) is 0 Å². The molecule has 7 heteroatoms. The van der Waals surface area contributed by atoms with E-state index in [9.17, 15) is 0 Å². The molecule has 0 spiro atoms. The first-order chi connectivity index (χ1) is 13.6. The topological polar surface area (TPSA) is 95.2 Å². The number of nitrogens with zero attached hydrogens (tertiary/aromatic N) is 3. The first-order valence-electron chi connectivity index (χ1n) is 8.70. The molecule has 0 aliphatic heterocycles. The number of para-hydroxylation sites is 1. The molecule has 0 saturated heterocycles. The number of benzene rings is 2. The minimum atomic E-state index is 0.270. The number of hydrogen-bond donors (Lipinski definition) is 2. The third kappa shape index (κ3) is 3.50. The van der Waals surface area contributed by atoms with Crippen molar-refractivity contribution in [1.29, 1.82) is 0 Å². The van der Waals surface area contributed by atoms with Crippen molar-refractivity contribution in [2.75, 3.05) is 18.2 Å². The van der Waals surface area contributed by atoms with Crippen LogP contribution in [0.1, 0.15) is 5.69 Å². The molecule has 4 rings (SSSR count). The lowest BCUT2D eigenvalue weighted by atomic mass is 10.1. The van der Waals surface area contributed by atoms with Crippen molar-refractivity contribution < 1.29 is 9.47 Å². The standard InChI is InChI=1S/C21H19N5O2/c1-13-6-7-14-4-3-5-17(19(14)25-13)26-20-18(22)21(24-12-23-20)28-16-10-8-15(27-2)9-11-16/h3-12H,22H2,1-2H3,(H,23,24,26). The van der Waals surface area contributed by atoms with Gasteiger partial charge in [-0.15, -0.1) is 0 Å². The van der Waals surface area contributed by atoms with Gasteiger partial charge in [-0.2, -0.15) is 4.98 Å². The van der Waals surface area contributed by atoms with Crippen LogP contribution in [-0.4, -0.2) is 22.1 Å². The van der Waals surface area contributed by atoms with Gasteiger partial charge in [-0.05, 0) is 43.3 Å². The van der Waals surface area contributed by atoms with Crippen molar-refractivity contribution in [3.63, 3.8) is 0 Å². The minimum Gasteiger partial charge on any atom is -0.497 e. The molecule has 0 amide bonds. The fourth-order valence-electron chi connectivity index (χ4n) is 2.79. The number of aromatic nitrogens is 3. The smallest absolute Gasteiger partial charge is 0.248 e. The van der Waals surface area contributed by atoms with E-state index in [1.807, 2.05) is 37.3 Å². The Morgan fingerprint density at radius 1 is 0.929 bits per heavy atom. The maximum atomic E-state index is 6.25. The number of nitrogens with two attached hydrogens (primary N) is 1. The number of nitrogen functional groups attached to an aromatic ring is 1. The molecule has 0 bridgehead atoms. The molecule has 0 aliphatic rings. The normalized spacial score (nSPS) is 10.6. The summed E-state index contributed by atoms with van der Waals surface area (Å²) in [4.78, 5) is 13.0. The van der Waals surface area contributed by atoms with E-state index >= 15 is 0 Å². The number of methoxy groups -OCH3 is 1. The van der Waals surface area contributed by atoms with Crippen molar-refractivity contribution in [1.82, 2.24) is 15.0 Å². The molecule has 0 fully saturated rings. The third-order valence-corrected chi connectivity index (χ3v) is 4.23. The molecular weight excluding hydrogens is 354 g/mol. The molecule has 0 aliphatic carbocycles. The molecule has 2 heterocycles. The Morgan fingerprint density at radius 3 is 2.50 bits per heavy atom. The van der Waals surface area contributed by atoms with E-state index in [1.54, 1.807) is 31.4 Å². The summed E-state index contributed by atoms with van der Waals surface area (Å²) in [6.45, 7) is 1.95. The second-order valence-electron chi connectivity index (χ2n) is 6.17. The summed E-state index contributed by atoms with van der Waals surface area (Å²) in [7, 11) is 1.61. The van der Waals surface area contributed by atoms with Crippen molar-refractivity contribution >= 4 is 28.1 Å². The van der Waals surface area contributed by atoms with Gasteiger partial charge in [-0.25, -0.2) is 4.98 Å². The summed E-state index contributed by atoms with van der Waals surface area (Å²) in [6, 6.07) is 17.1. The van der Waals surface area contributed by atoms with Gasteiger partial charge < -0.3 is 20.5 Å². The molecule has 0 radical (unpaired) electrons. The Kier molecular flexibility index (Phi) is 4.63. The first-order valence-corrected chi connectivity index (χ1v) is 8.70. The average Bonchev–Trinajstić information content (AvgIpc) is 2.72. The fraction of sp³-hybridized carbons (Fsp3) is 0.0952. The van der Waals surface area contributed by atoms with Crippen molar-refractivity contribution in [2.24, 2.45) is 0 Å². The molecule has 7 nitrogen and oxygen atoms in total. The van der Waals surface area contributed by atoms with Crippen LogP contribution in [0.15, 0.2) is 60.9 Å². The minimum absolute atomic E-state index is 0.270. The van der Waals surface area contributed by atoms with E-state index in [-0.39, 0.29) is 5.88 Å². The van der Waals surface area contributed by atoms with Gasteiger partial charge in [0.2, 0.25) is 5.88 Å². The summed E-state index contributed by atoms with van der Waals surface area (Å²) < 4.78 is 11.0. The Morgan fingerprint density at radius 2 is 1.71 bits per heavy atom. The summed E-state index contributed by atoms with van der Waals surface area (Å²) >= 11 is 0. The Bertz CT molecular complexity index is 1130. The monoisotopic (exact) mass is 373 g/mol. The van der Waals surface area contributed by atoms with Crippen molar-refractivity contribution in [3.05, 3.63) is 66.6 Å².